The molecule has 1 aromatic heterocycles. The molecule has 0 saturated carbocycles. The van der Waals surface area contributed by atoms with Crippen LogP contribution in [0.2, 0.25) is 0 Å². The second-order valence-corrected chi connectivity index (χ2v) is 4.10. The molecule has 0 aliphatic rings. The van der Waals surface area contributed by atoms with Gasteiger partial charge in [-0.25, -0.2) is 4.98 Å². The van der Waals surface area contributed by atoms with E-state index < -0.39 is 0 Å². The molecule has 13 heavy (non-hydrogen) atoms. The minimum Gasteiger partial charge on any atom is -0.394 e. The number of rotatable bonds is 3. The maximum absolute atomic E-state index is 9.05. The van der Waals surface area contributed by atoms with E-state index in [2.05, 4.69) is 42.2 Å². The molecule has 2 N–H and O–H groups in total. The van der Waals surface area contributed by atoms with Crippen LogP contribution in [0.5, 0.6) is 0 Å². The molecule has 0 aromatic carbocycles. The summed E-state index contributed by atoms with van der Waals surface area (Å²) in [6.45, 7) is 0.0540. The fourth-order valence-corrected chi connectivity index (χ4v) is 2.17. The summed E-state index contributed by atoms with van der Waals surface area (Å²) in [5, 5.41) is 12.0. The smallest absolute Gasteiger partial charge is 0.112 e. The number of aromatic nitrogens is 1. The normalized spacial score (nSPS) is 12.9. The van der Waals surface area contributed by atoms with Crippen molar-refractivity contribution in [1.82, 2.24) is 10.3 Å². The van der Waals surface area contributed by atoms with Crippen molar-refractivity contribution in [3.63, 3.8) is 0 Å². The van der Waals surface area contributed by atoms with Crippen molar-refractivity contribution in [3.8, 4) is 0 Å². The molecule has 0 bridgehead atoms. The SMILES string of the molecule is CNC(CO)c1ccc(Br)nc1Br. The molecule has 1 aromatic rings. The molecule has 0 amide bonds. The van der Waals surface area contributed by atoms with E-state index in [9.17, 15) is 0 Å². The summed E-state index contributed by atoms with van der Waals surface area (Å²) < 4.78 is 1.52. The van der Waals surface area contributed by atoms with Gasteiger partial charge in [0.15, 0.2) is 0 Å². The Hall–Kier alpha value is 0.0300. The van der Waals surface area contributed by atoms with Crippen LogP contribution in [0, 0.1) is 0 Å². The minimum atomic E-state index is -0.0741. The van der Waals surface area contributed by atoms with Gasteiger partial charge in [-0.3, -0.25) is 0 Å². The summed E-state index contributed by atoms with van der Waals surface area (Å²) in [5.74, 6) is 0. The fraction of sp³-hybridized carbons (Fsp3) is 0.375. The zero-order chi connectivity index (χ0) is 9.84. The molecule has 3 nitrogen and oxygen atoms in total. The van der Waals surface area contributed by atoms with Crippen molar-refractivity contribution < 1.29 is 5.11 Å². The topological polar surface area (TPSA) is 45.1 Å². The van der Waals surface area contributed by atoms with Crippen molar-refractivity contribution in [2.24, 2.45) is 0 Å². The van der Waals surface area contributed by atoms with Gasteiger partial charge in [0.1, 0.15) is 9.21 Å². The standard InChI is InChI=1S/C8H10Br2N2O/c1-11-6(4-13)5-2-3-7(9)12-8(5)10/h2-3,6,11,13H,4H2,1H3. The van der Waals surface area contributed by atoms with Crippen molar-refractivity contribution in [1.29, 1.82) is 0 Å². The molecule has 0 aliphatic heterocycles. The number of likely N-dealkylation sites (N-methyl/N-ethyl adjacent to an activating group) is 1. The van der Waals surface area contributed by atoms with Gasteiger partial charge in [-0.05, 0) is 45.0 Å². The van der Waals surface area contributed by atoms with Crippen LogP contribution in [0.3, 0.4) is 0 Å². The van der Waals surface area contributed by atoms with Gasteiger partial charge in [-0.15, -0.1) is 0 Å². The van der Waals surface area contributed by atoms with Crippen molar-refractivity contribution >= 4 is 31.9 Å². The molecule has 1 atom stereocenters. The molecule has 0 spiro atoms. The molecule has 0 fully saturated rings. The molecule has 0 aliphatic carbocycles. The van der Waals surface area contributed by atoms with Crippen LogP contribution < -0.4 is 5.32 Å². The Morgan fingerprint density at radius 3 is 2.69 bits per heavy atom. The molecular formula is C8H10Br2N2O. The summed E-state index contributed by atoms with van der Waals surface area (Å²) in [6, 6.07) is 3.69. The van der Waals surface area contributed by atoms with Crippen LogP contribution in [0.15, 0.2) is 21.3 Å². The third kappa shape index (κ3) is 2.74. The van der Waals surface area contributed by atoms with Gasteiger partial charge in [0.25, 0.3) is 0 Å². The molecule has 0 saturated heterocycles. The van der Waals surface area contributed by atoms with Crippen molar-refractivity contribution in [3.05, 3.63) is 26.9 Å². The number of pyridine rings is 1. The van der Waals surface area contributed by atoms with Crippen LogP contribution >= 0.6 is 31.9 Å². The molecule has 0 radical (unpaired) electrons. The van der Waals surface area contributed by atoms with Crippen molar-refractivity contribution in [2.45, 2.75) is 6.04 Å². The number of nitrogens with one attached hydrogen (secondary N) is 1. The highest BCUT2D eigenvalue weighted by Crippen LogP contribution is 2.23. The van der Waals surface area contributed by atoms with Crippen LogP contribution in [-0.4, -0.2) is 23.7 Å². The average molecular weight is 310 g/mol. The van der Waals surface area contributed by atoms with E-state index in [0.29, 0.717) is 0 Å². The largest absolute Gasteiger partial charge is 0.394 e. The third-order valence-corrected chi connectivity index (χ3v) is 2.83. The summed E-state index contributed by atoms with van der Waals surface area (Å²) >= 11 is 6.60. The second kappa shape index (κ2) is 5.05. The van der Waals surface area contributed by atoms with E-state index in [1.54, 1.807) is 7.05 Å². The van der Waals surface area contributed by atoms with Crippen LogP contribution in [0.4, 0.5) is 0 Å². The van der Waals surface area contributed by atoms with Crippen molar-refractivity contribution in [2.75, 3.05) is 13.7 Å². The lowest BCUT2D eigenvalue weighted by molar-refractivity contribution is 0.250. The number of halogens is 2. The number of aliphatic hydroxyl groups excluding tert-OH is 1. The summed E-state index contributed by atoms with van der Waals surface area (Å²) in [4.78, 5) is 4.17. The van der Waals surface area contributed by atoms with Gasteiger partial charge in [-0.2, -0.15) is 0 Å². The lowest BCUT2D eigenvalue weighted by Crippen LogP contribution is -2.20. The summed E-state index contributed by atoms with van der Waals surface area (Å²) in [5.41, 5.74) is 0.952. The van der Waals surface area contributed by atoms with Gasteiger partial charge in [0.05, 0.1) is 12.6 Å². The first-order chi connectivity index (χ1) is 6.19. The van der Waals surface area contributed by atoms with Crippen LogP contribution in [-0.2, 0) is 0 Å². The maximum atomic E-state index is 9.05. The Bertz CT molecular complexity index is 289. The Morgan fingerprint density at radius 2 is 2.23 bits per heavy atom. The first-order valence-electron chi connectivity index (χ1n) is 3.79. The summed E-state index contributed by atoms with van der Waals surface area (Å²) in [6.07, 6.45) is 0. The summed E-state index contributed by atoms with van der Waals surface area (Å²) in [7, 11) is 1.80. The first kappa shape index (κ1) is 11.1. The Labute approximate surface area is 93.8 Å². The van der Waals surface area contributed by atoms with E-state index in [1.807, 2.05) is 12.1 Å². The Kier molecular flexibility index (Phi) is 4.31. The van der Waals surface area contributed by atoms with Gasteiger partial charge in [-0.1, -0.05) is 6.07 Å². The quantitative estimate of drug-likeness (QED) is 0.838. The zero-order valence-corrected chi connectivity index (χ0v) is 10.3. The van der Waals surface area contributed by atoms with Gasteiger partial charge in [0.2, 0.25) is 0 Å². The number of hydrogen-bond acceptors (Lipinski definition) is 3. The maximum Gasteiger partial charge on any atom is 0.112 e. The highest BCUT2D eigenvalue weighted by Gasteiger charge is 2.11. The lowest BCUT2D eigenvalue weighted by Gasteiger charge is -2.14. The predicted octanol–water partition coefficient (Wildman–Crippen LogP) is 1.86. The first-order valence-corrected chi connectivity index (χ1v) is 5.37. The van der Waals surface area contributed by atoms with Gasteiger partial charge < -0.3 is 10.4 Å². The highest BCUT2D eigenvalue weighted by atomic mass is 79.9. The zero-order valence-electron chi connectivity index (χ0n) is 7.09. The average Bonchev–Trinajstić information content (AvgIpc) is 2.10. The Morgan fingerprint density at radius 1 is 1.54 bits per heavy atom. The minimum absolute atomic E-state index is 0.0540. The van der Waals surface area contributed by atoms with E-state index >= 15 is 0 Å². The van der Waals surface area contributed by atoms with E-state index in [-0.39, 0.29) is 12.6 Å². The van der Waals surface area contributed by atoms with E-state index in [0.717, 1.165) is 14.8 Å². The second-order valence-electron chi connectivity index (χ2n) is 2.54. The molecule has 1 rings (SSSR count). The number of aliphatic hydroxyl groups is 1. The Balaban J connectivity index is 2.99. The molecule has 5 heteroatoms. The number of hydrogen-bond donors (Lipinski definition) is 2. The van der Waals surface area contributed by atoms with Crippen LogP contribution in [0.25, 0.3) is 0 Å². The highest BCUT2D eigenvalue weighted by molar-refractivity contribution is 9.11. The molecule has 72 valence electrons. The monoisotopic (exact) mass is 308 g/mol. The fourth-order valence-electron chi connectivity index (χ4n) is 1.03. The third-order valence-electron chi connectivity index (χ3n) is 1.75. The molecule has 1 unspecified atom stereocenters. The van der Waals surface area contributed by atoms with E-state index in [4.69, 9.17) is 5.11 Å². The molecule has 1 heterocycles. The van der Waals surface area contributed by atoms with Gasteiger partial charge in [0, 0.05) is 5.56 Å². The predicted molar refractivity (Wildman–Crippen MR) is 58.5 cm³/mol. The lowest BCUT2D eigenvalue weighted by atomic mass is 10.1. The van der Waals surface area contributed by atoms with Gasteiger partial charge >= 0.3 is 0 Å². The number of nitrogens with zero attached hydrogens (tertiary/aromatic N) is 1. The van der Waals surface area contributed by atoms with Crippen LogP contribution in [0.1, 0.15) is 11.6 Å². The molecular weight excluding hydrogens is 300 g/mol. The van der Waals surface area contributed by atoms with E-state index in [1.165, 1.54) is 0 Å².